The Morgan fingerprint density at radius 3 is 2.28 bits per heavy atom. The summed E-state index contributed by atoms with van der Waals surface area (Å²) in [6.45, 7) is 10.5. The minimum atomic E-state index is -2.93. The van der Waals surface area contributed by atoms with Crippen molar-refractivity contribution < 1.29 is 32.4 Å². The van der Waals surface area contributed by atoms with Crippen molar-refractivity contribution in [1.82, 2.24) is 30.4 Å². The molecule has 3 amide bonds. The van der Waals surface area contributed by atoms with E-state index in [0.717, 1.165) is 11.1 Å². The molecule has 2 heterocycles. The summed E-state index contributed by atoms with van der Waals surface area (Å²) < 4.78 is 36.4. The number of likely N-dealkylation sites (N-methyl/N-ethyl adjacent to an activating group) is 2. The zero-order chi connectivity index (χ0) is 33.6. The SMILES string of the molecule is CCN(CCN(C(=O)CNCC(=O)N(C)N1Cc2ccccc2C1)c1cc(-c2noc(C(F)F)n2)ccc1C)C(=O)OC(C)(C)C. The zero-order valence-electron chi connectivity index (χ0n) is 27.0. The summed E-state index contributed by atoms with van der Waals surface area (Å²) in [5.41, 5.74) is 3.17. The third-order valence-electron chi connectivity index (χ3n) is 7.48. The molecule has 0 aliphatic carbocycles. The van der Waals surface area contributed by atoms with Gasteiger partial charge in [0.25, 0.3) is 11.8 Å². The number of nitrogens with zero attached hydrogens (tertiary/aromatic N) is 6. The number of hydrogen-bond acceptors (Lipinski definition) is 9. The lowest BCUT2D eigenvalue weighted by Gasteiger charge is -2.30. The Morgan fingerprint density at radius 1 is 1.04 bits per heavy atom. The molecular weight excluding hydrogens is 600 g/mol. The molecular formula is C32H41F2N7O5. The van der Waals surface area contributed by atoms with Gasteiger partial charge in [0.05, 0.1) is 13.1 Å². The molecule has 0 atom stereocenters. The van der Waals surface area contributed by atoms with Crippen LogP contribution in [-0.4, -0.2) is 88.3 Å². The zero-order valence-corrected chi connectivity index (χ0v) is 27.0. The summed E-state index contributed by atoms with van der Waals surface area (Å²) in [7, 11) is 1.70. The molecule has 14 heteroatoms. The lowest BCUT2D eigenvalue weighted by molar-refractivity contribution is -0.145. The Hall–Kier alpha value is -4.43. The van der Waals surface area contributed by atoms with Crippen molar-refractivity contribution in [3.8, 4) is 11.4 Å². The second-order valence-corrected chi connectivity index (χ2v) is 12.0. The highest BCUT2D eigenvalue weighted by Crippen LogP contribution is 2.29. The minimum Gasteiger partial charge on any atom is -0.444 e. The number of fused-ring (bicyclic) bond motifs is 1. The molecule has 12 nitrogen and oxygen atoms in total. The van der Waals surface area contributed by atoms with Crippen LogP contribution in [0.4, 0.5) is 19.3 Å². The van der Waals surface area contributed by atoms with E-state index in [1.807, 2.05) is 29.3 Å². The van der Waals surface area contributed by atoms with Gasteiger partial charge in [0.1, 0.15) is 5.60 Å². The van der Waals surface area contributed by atoms with Crippen LogP contribution in [0.2, 0.25) is 0 Å². The molecule has 0 radical (unpaired) electrons. The second kappa shape index (κ2) is 14.8. The van der Waals surface area contributed by atoms with Crippen molar-refractivity contribution in [2.45, 2.75) is 59.7 Å². The maximum atomic E-state index is 13.7. The van der Waals surface area contributed by atoms with E-state index < -0.39 is 24.0 Å². The first-order valence-corrected chi connectivity index (χ1v) is 15.1. The van der Waals surface area contributed by atoms with Crippen LogP contribution in [0.5, 0.6) is 0 Å². The van der Waals surface area contributed by atoms with Crippen LogP contribution in [-0.2, 0) is 27.4 Å². The highest BCUT2D eigenvalue weighted by atomic mass is 19.3. The second-order valence-electron chi connectivity index (χ2n) is 12.0. The van der Waals surface area contributed by atoms with E-state index >= 15 is 0 Å². The molecule has 1 aliphatic heterocycles. The first kappa shape index (κ1) is 34.4. The summed E-state index contributed by atoms with van der Waals surface area (Å²) in [5.74, 6) is -1.44. The molecule has 0 saturated heterocycles. The molecule has 0 unspecified atom stereocenters. The number of alkyl halides is 2. The number of rotatable bonds is 12. The van der Waals surface area contributed by atoms with Gasteiger partial charge in [0, 0.05) is 51.0 Å². The van der Waals surface area contributed by atoms with Gasteiger partial charge in [-0.25, -0.2) is 9.80 Å². The van der Waals surface area contributed by atoms with E-state index in [4.69, 9.17) is 4.74 Å². The largest absolute Gasteiger partial charge is 0.444 e. The Bertz CT molecular complexity index is 1520. The number of amides is 3. The van der Waals surface area contributed by atoms with Crippen LogP contribution in [0.15, 0.2) is 47.0 Å². The fraction of sp³-hybridized carbons (Fsp3) is 0.469. The lowest BCUT2D eigenvalue weighted by atomic mass is 10.1. The summed E-state index contributed by atoms with van der Waals surface area (Å²) in [6.07, 6.45) is -3.44. The summed E-state index contributed by atoms with van der Waals surface area (Å²) in [6, 6.07) is 13.0. The van der Waals surface area contributed by atoms with Crippen LogP contribution in [0.25, 0.3) is 11.4 Å². The highest BCUT2D eigenvalue weighted by molar-refractivity contribution is 5.96. The monoisotopic (exact) mass is 641 g/mol. The number of anilines is 1. The third kappa shape index (κ3) is 8.63. The van der Waals surface area contributed by atoms with E-state index in [-0.39, 0.29) is 43.8 Å². The molecule has 1 aliphatic rings. The number of nitrogens with one attached hydrogen (secondary N) is 1. The lowest BCUT2D eigenvalue weighted by Crippen LogP contribution is -2.48. The molecule has 248 valence electrons. The minimum absolute atomic E-state index is 0.0521. The normalized spacial score (nSPS) is 13.1. The summed E-state index contributed by atoms with van der Waals surface area (Å²) >= 11 is 0. The number of hydrogen-bond donors (Lipinski definition) is 1. The van der Waals surface area contributed by atoms with Crippen molar-refractivity contribution in [2.24, 2.45) is 0 Å². The molecule has 0 bridgehead atoms. The Morgan fingerprint density at radius 2 is 1.70 bits per heavy atom. The van der Waals surface area contributed by atoms with E-state index in [1.165, 1.54) is 9.80 Å². The molecule has 1 N–H and O–H groups in total. The van der Waals surface area contributed by atoms with Gasteiger partial charge in [-0.05, 0) is 57.4 Å². The number of aromatic nitrogens is 2. The highest BCUT2D eigenvalue weighted by Gasteiger charge is 2.27. The van der Waals surface area contributed by atoms with Gasteiger partial charge in [-0.3, -0.25) is 19.9 Å². The summed E-state index contributed by atoms with van der Waals surface area (Å²) in [4.78, 5) is 46.3. The number of carbonyl (C=O) groups excluding carboxylic acids is 3. The average Bonchev–Trinajstić information content (AvgIpc) is 3.67. The van der Waals surface area contributed by atoms with Crippen molar-refractivity contribution in [2.75, 3.05) is 44.7 Å². The van der Waals surface area contributed by atoms with Crippen LogP contribution >= 0.6 is 0 Å². The predicted octanol–water partition coefficient (Wildman–Crippen LogP) is 4.55. The number of halogens is 2. The van der Waals surface area contributed by atoms with Crippen LogP contribution < -0.4 is 10.2 Å². The molecule has 0 saturated carbocycles. The first-order chi connectivity index (χ1) is 21.8. The molecule has 3 aromatic rings. The maximum absolute atomic E-state index is 13.7. The molecule has 46 heavy (non-hydrogen) atoms. The van der Waals surface area contributed by atoms with Crippen molar-refractivity contribution in [3.63, 3.8) is 0 Å². The van der Waals surface area contributed by atoms with Crippen molar-refractivity contribution >= 4 is 23.6 Å². The van der Waals surface area contributed by atoms with Crippen molar-refractivity contribution in [3.05, 3.63) is 65.0 Å². The van der Waals surface area contributed by atoms with Gasteiger partial charge in [0.15, 0.2) is 0 Å². The van der Waals surface area contributed by atoms with E-state index in [9.17, 15) is 23.2 Å². The molecule has 0 spiro atoms. The van der Waals surface area contributed by atoms with E-state index in [2.05, 4.69) is 20.0 Å². The fourth-order valence-electron chi connectivity index (χ4n) is 4.96. The Kier molecular flexibility index (Phi) is 11.1. The average molecular weight is 642 g/mol. The maximum Gasteiger partial charge on any atom is 0.410 e. The predicted molar refractivity (Wildman–Crippen MR) is 167 cm³/mol. The van der Waals surface area contributed by atoms with Crippen LogP contribution in [0.1, 0.15) is 56.7 Å². The quantitative estimate of drug-likeness (QED) is 0.303. The van der Waals surface area contributed by atoms with Gasteiger partial charge in [-0.1, -0.05) is 41.6 Å². The molecule has 0 fully saturated rings. The Balaban J connectivity index is 1.49. The number of aryl methyl sites for hydroxylation is 1. The number of carbonyl (C=O) groups is 3. The molecule has 2 aromatic carbocycles. The number of benzene rings is 2. The van der Waals surface area contributed by atoms with Crippen molar-refractivity contribution in [1.29, 1.82) is 0 Å². The Labute approximate surface area is 267 Å². The molecule has 4 rings (SSSR count). The fourth-order valence-corrected chi connectivity index (χ4v) is 4.96. The topological polar surface area (TPSA) is 124 Å². The number of hydrazine groups is 1. The smallest absolute Gasteiger partial charge is 0.410 e. The van der Waals surface area contributed by atoms with Gasteiger partial charge >= 0.3 is 12.5 Å². The standard InChI is InChI=1S/C32H41F2N7O5/c1-7-39(31(44)45-32(3,4)5)14-15-41(25-16-22(13-12-21(25)2)29-36-30(28(33)34)46-37-29)27(43)18-35-17-26(42)38(6)40-19-23-10-8-9-11-24(23)20-40/h8-13,16,28,35H,7,14-15,17-20H2,1-6H3. The number of ether oxygens (including phenoxy) is 1. The van der Waals surface area contributed by atoms with Gasteiger partial charge in [-0.15, -0.1) is 0 Å². The van der Waals surface area contributed by atoms with Gasteiger partial charge in [-0.2, -0.15) is 13.8 Å². The summed E-state index contributed by atoms with van der Waals surface area (Å²) in [5, 5.41) is 10.1. The first-order valence-electron chi connectivity index (χ1n) is 15.1. The van der Waals surface area contributed by atoms with E-state index in [0.29, 0.717) is 36.4 Å². The van der Waals surface area contributed by atoms with Gasteiger partial charge in [0.2, 0.25) is 11.7 Å². The molecule has 1 aromatic heterocycles. The third-order valence-corrected chi connectivity index (χ3v) is 7.48. The van der Waals surface area contributed by atoms with Gasteiger partial charge < -0.3 is 19.1 Å². The van der Waals surface area contributed by atoms with E-state index in [1.54, 1.807) is 64.9 Å². The van der Waals surface area contributed by atoms with Crippen LogP contribution in [0, 0.1) is 6.92 Å². The van der Waals surface area contributed by atoms with Crippen LogP contribution in [0.3, 0.4) is 0 Å².